The number of aromatic carboxylic acids is 1. The maximum atomic E-state index is 10.9. The van der Waals surface area contributed by atoms with Gasteiger partial charge in [-0.2, -0.15) is 0 Å². The molecule has 1 aliphatic heterocycles. The van der Waals surface area contributed by atoms with Crippen LogP contribution in [-0.2, 0) is 4.74 Å². The number of hydrogen-bond acceptors (Lipinski definition) is 4. The number of carbonyl (C=O) groups is 1. The highest BCUT2D eigenvalue weighted by atomic mass is 16.5. The van der Waals surface area contributed by atoms with Crippen LogP contribution in [0.4, 0.5) is 0 Å². The number of pyridine rings is 1. The Bertz CT molecular complexity index is 402. The largest absolute Gasteiger partial charge is 0.491 e. The van der Waals surface area contributed by atoms with E-state index in [0.29, 0.717) is 18.5 Å². The maximum absolute atomic E-state index is 10.9. The molecule has 1 aromatic rings. The van der Waals surface area contributed by atoms with Crippen LogP contribution in [0.15, 0.2) is 18.3 Å². The Morgan fingerprint density at radius 2 is 2.50 bits per heavy atom. The van der Waals surface area contributed by atoms with Crippen molar-refractivity contribution in [3.8, 4) is 5.75 Å². The number of hydrogen-bond donors (Lipinski definition) is 1. The minimum Gasteiger partial charge on any atom is -0.491 e. The number of rotatable bonds is 6. The Morgan fingerprint density at radius 3 is 3.22 bits per heavy atom. The number of nitrogens with zero attached hydrogens (tertiary/aromatic N) is 1. The highest BCUT2D eigenvalue weighted by Gasteiger charge is 2.15. The third-order valence-electron chi connectivity index (χ3n) is 2.93. The molecule has 0 amide bonds. The van der Waals surface area contributed by atoms with E-state index in [1.807, 2.05) is 0 Å². The molecule has 1 aromatic heterocycles. The fourth-order valence-corrected chi connectivity index (χ4v) is 2.03. The topological polar surface area (TPSA) is 68.7 Å². The van der Waals surface area contributed by atoms with Crippen LogP contribution in [-0.4, -0.2) is 35.4 Å². The zero-order valence-corrected chi connectivity index (χ0v) is 10.2. The molecule has 18 heavy (non-hydrogen) atoms. The fourth-order valence-electron chi connectivity index (χ4n) is 2.03. The smallest absolute Gasteiger partial charge is 0.358 e. The summed E-state index contributed by atoms with van der Waals surface area (Å²) in [6, 6.07) is 3.30. The van der Waals surface area contributed by atoms with Gasteiger partial charge in [0.25, 0.3) is 0 Å². The molecule has 1 fully saturated rings. The van der Waals surface area contributed by atoms with Gasteiger partial charge in [-0.15, -0.1) is 0 Å². The van der Waals surface area contributed by atoms with Gasteiger partial charge in [-0.25, -0.2) is 9.78 Å². The van der Waals surface area contributed by atoms with Crippen molar-refractivity contribution in [1.29, 1.82) is 0 Å². The van der Waals surface area contributed by atoms with Crippen LogP contribution in [0.3, 0.4) is 0 Å². The van der Waals surface area contributed by atoms with Gasteiger partial charge in [-0.1, -0.05) is 0 Å². The minimum atomic E-state index is -1.07. The van der Waals surface area contributed by atoms with Gasteiger partial charge in [-0.3, -0.25) is 0 Å². The summed E-state index contributed by atoms with van der Waals surface area (Å²) in [6.07, 6.45) is 5.87. The van der Waals surface area contributed by atoms with Gasteiger partial charge in [0.15, 0.2) is 11.4 Å². The third-order valence-corrected chi connectivity index (χ3v) is 2.93. The molecular weight excluding hydrogens is 234 g/mol. The predicted molar refractivity (Wildman–Crippen MR) is 64.9 cm³/mol. The van der Waals surface area contributed by atoms with Gasteiger partial charge >= 0.3 is 5.97 Å². The van der Waals surface area contributed by atoms with Crippen LogP contribution in [0.2, 0.25) is 0 Å². The lowest BCUT2D eigenvalue weighted by Gasteiger charge is -2.10. The normalized spacial score (nSPS) is 18.8. The summed E-state index contributed by atoms with van der Waals surface area (Å²) >= 11 is 0. The Kier molecular flexibility index (Phi) is 4.52. The highest BCUT2D eigenvalue weighted by molar-refractivity contribution is 5.88. The molecule has 1 saturated heterocycles. The lowest BCUT2D eigenvalue weighted by molar-refractivity contribution is 0.0683. The van der Waals surface area contributed by atoms with E-state index in [1.165, 1.54) is 6.20 Å². The van der Waals surface area contributed by atoms with Crippen LogP contribution >= 0.6 is 0 Å². The lowest BCUT2D eigenvalue weighted by Crippen LogP contribution is -2.09. The Balaban J connectivity index is 1.77. The van der Waals surface area contributed by atoms with E-state index in [0.717, 1.165) is 32.3 Å². The summed E-state index contributed by atoms with van der Waals surface area (Å²) in [6.45, 7) is 1.35. The molecule has 0 spiro atoms. The van der Waals surface area contributed by atoms with Crippen LogP contribution in [0, 0.1) is 0 Å². The average molecular weight is 251 g/mol. The summed E-state index contributed by atoms with van der Waals surface area (Å²) in [7, 11) is 0. The quantitative estimate of drug-likeness (QED) is 0.784. The van der Waals surface area contributed by atoms with Crippen molar-refractivity contribution >= 4 is 5.97 Å². The van der Waals surface area contributed by atoms with E-state index in [-0.39, 0.29) is 5.69 Å². The standard InChI is InChI=1S/C13H17NO4/c15-13(16)12-11(6-1-7-14-12)18-9-3-5-10-4-2-8-17-10/h1,6-7,10H,2-5,8-9H2,(H,15,16). The van der Waals surface area contributed by atoms with Crippen molar-refractivity contribution in [2.45, 2.75) is 31.8 Å². The summed E-state index contributed by atoms with van der Waals surface area (Å²) in [5.74, 6) is -0.734. The molecular formula is C13H17NO4. The van der Waals surface area contributed by atoms with Crippen molar-refractivity contribution in [3.63, 3.8) is 0 Å². The predicted octanol–water partition coefficient (Wildman–Crippen LogP) is 2.12. The van der Waals surface area contributed by atoms with Gasteiger partial charge in [0.05, 0.1) is 12.7 Å². The molecule has 1 aliphatic rings. The molecule has 1 unspecified atom stereocenters. The maximum Gasteiger partial charge on any atom is 0.358 e. The zero-order valence-electron chi connectivity index (χ0n) is 10.2. The summed E-state index contributed by atoms with van der Waals surface area (Å²) < 4.78 is 11.0. The minimum absolute atomic E-state index is 0.0328. The monoisotopic (exact) mass is 251 g/mol. The van der Waals surface area contributed by atoms with Crippen LogP contribution in [0.5, 0.6) is 5.75 Å². The van der Waals surface area contributed by atoms with Crippen molar-refractivity contribution in [1.82, 2.24) is 4.98 Å². The van der Waals surface area contributed by atoms with E-state index in [9.17, 15) is 4.79 Å². The number of ether oxygens (including phenoxy) is 2. The molecule has 0 bridgehead atoms. The third kappa shape index (κ3) is 3.43. The molecule has 0 radical (unpaired) electrons. The molecule has 0 aliphatic carbocycles. The lowest BCUT2D eigenvalue weighted by atomic mass is 10.1. The van der Waals surface area contributed by atoms with E-state index in [2.05, 4.69) is 4.98 Å². The van der Waals surface area contributed by atoms with Gasteiger partial charge < -0.3 is 14.6 Å². The summed E-state index contributed by atoms with van der Waals surface area (Å²) in [5.41, 5.74) is -0.0328. The van der Waals surface area contributed by atoms with Gasteiger partial charge in [0, 0.05) is 12.8 Å². The highest BCUT2D eigenvalue weighted by Crippen LogP contribution is 2.18. The molecule has 2 rings (SSSR count). The Labute approximate surface area is 106 Å². The van der Waals surface area contributed by atoms with Crippen LogP contribution < -0.4 is 4.74 Å². The van der Waals surface area contributed by atoms with Crippen molar-refractivity contribution in [2.75, 3.05) is 13.2 Å². The van der Waals surface area contributed by atoms with Crippen LogP contribution in [0.25, 0.3) is 0 Å². The average Bonchev–Trinajstić information content (AvgIpc) is 2.88. The first kappa shape index (κ1) is 12.8. The van der Waals surface area contributed by atoms with Crippen molar-refractivity contribution in [3.05, 3.63) is 24.0 Å². The second-order valence-corrected chi connectivity index (χ2v) is 4.28. The second-order valence-electron chi connectivity index (χ2n) is 4.28. The van der Waals surface area contributed by atoms with E-state index in [1.54, 1.807) is 12.1 Å². The molecule has 5 nitrogen and oxygen atoms in total. The fraction of sp³-hybridized carbons (Fsp3) is 0.538. The van der Waals surface area contributed by atoms with Gasteiger partial charge in [0.2, 0.25) is 0 Å². The van der Waals surface area contributed by atoms with E-state index < -0.39 is 5.97 Å². The number of aromatic nitrogens is 1. The van der Waals surface area contributed by atoms with Crippen molar-refractivity contribution in [2.24, 2.45) is 0 Å². The molecule has 1 N–H and O–H groups in total. The van der Waals surface area contributed by atoms with Crippen molar-refractivity contribution < 1.29 is 19.4 Å². The molecule has 0 aromatic carbocycles. The van der Waals surface area contributed by atoms with E-state index >= 15 is 0 Å². The molecule has 2 heterocycles. The second kappa shape index (κ2) is 6.35. The molecule has 98 valence electrons. The van der Waals surface area contributed by atoms with Crippen LogP contribution in [0.1, 0.15) is 36.2 Å². The zero-order chi connectivity index (χ0) is 12.8. The first-order valence-corrected chi connectivity index (χ1v) is 6.20. The summed E-state index contributed by atoms with van der Waals surface area (Å²) in [4.78, 5) is 14.7. The molecule has 0 saturated carbocycles. The summed E-state index contributed by atoms with van der Waals surface area (Å²) in [5, 5.41) is 8.93. The molecule has 5 heteroatoms. The van der Waals surface area contributed by atoms with Gasteiger partial charge in [-0.05, 0) is 37.8 Å². The first-order valence-electron chi connectivity index (χ1n) is 6.20. The van der Waals surface area contributed by atoms with Gasteiger partial charge in [0.1, 0.15) is 0 Å². The Morgan fingerprint density at radius 1 is 1.61 bits per heavy atom. The number of carboxylic acid groups (broad SMARTS) is 1. The van der Waals surface area contributed by atoms with E-state index in [4.69, 9.17) is 14.6 Å². The Hall–Kier alpha value is -1.62. The first-order chi connectivity index (χ1) is 8.77. The SMILES string of the molecule is O=C(O)c1ncccc1OCCCC1CCCO1. The number of carboxylic acids is 1. The molecule has 1 atom stereocenters.